The SMILES string of the molecule is CCCOC(=O)C(O)CC(=O)O. The molecule has 0 aromatic heterocycles. The topological polar surface area (TPSA) is 83.8 Å². The summed E-state index contributed by atoms with van der Waals surface area (Å²) in [6.07, 6.45) is -1.51. The fourth-order valence-electron chi connectivity index (χ4n) is 0.548. The Kier molecular flexibility index (Phi) is 5.03. The molecule has 5 nitrogen and oxygen atoms in total. The summed E-state index contributed by atoms with van der Waals surface area (Å²) in [6, 6.07) is 0. The van der Waals surface area contributed by atoms with Crippen molar-refractivity contribution in [3.05, 3.63) is 0 Å². The third-order valence-corrected chi connectivity index (χ3v) is 1.09. The van der Waals surface area contributed by atoms with Crippen LogP contribution in [0.15, 0.2) is 0 Å². The van der Waals surface area contributed by atoms with E-state index in [1.54, 1.807) is 6.92 Å². The number of carbonyl (C=O) groups is 2. The van der Waals surface area contributed by atoms with E-state index in [2.05, 4.69) is 4.74 Å². The van der Waals surface area contributed by atoms with Crippen molar-refractivity contribution in [1.29, 1.82) is 0 Å². The lowest BCUT2D eigenvalue weighted by Crippen LogP contribution is -2.26. The summed E-state index contributed by atoms with van der Waals surface area (Å²) in [5.41, 5.74) is 0. The maximum Gasteiger partial charge on any atom is 0.335 e. The van der Waals surface area contributed by atoms with Gasteiger partial charge in [0.05, 0.1) is 13.0 Å². The van der Waals surface area contributed by atoms with E-state index in [1.807, 2.05) is 0 Å². The standard InChI is InChI=1S/C7H12O5/c1-2-3-12-7(11)5(8)4-6(9)10/h5,8H,2-4H2,1H3,(H,9,10). The van der Waals surface area contributed by atoms with Crippen molar-refractivity contribution in [2.75, 3.05) is 6.61 Å². The Morgan fingerprint density at radius 2 is 2.08 bits per heavy atom. The van der Waals surface area contributed by atoms with E-state index in [4.69, 9.17) is 10.2 Å². The van der Waals surface area contributed by atoms with Gasteiger partial charge in [-0.15, -0.1) is 0 Å². The van der Waals surface area contributed by atoms with E-state index in [-0.39, 0.29) is 6.61 Å². The van der Waals surface area contributed by atoms with Crippen LogP contribution in [0.5, 0.6) is 0 Å². The van der Waals surface area contributed by atoms with Crippen LogP contribution in [0, 0.1) is 0 Å². The first kappa shape index (κ1) is 10.9. The normalized spacial score (nSPS) is 12.2. The quantitative estimate of drug-likeness (QED) is 0.565. The number of hydrogen-bond acceptors (Lipinski definition) is 4. The van der Waals surface area contributed by atoms with E-state index < -0.39 is 24.5 Å². The predicted molar refractivity (Wildman–Crippen MR) is 39.5 cm³/mol. The molecule has 0 saturated carbocycles. The van der Waals surface area contributed by atoms with Crippen LogP contribution < -0.4 is 0 Å². The molecular weight excluding hydrogens is 164 g/mol. The largest absolute Gasteiger partial charge is 0.481 e. The number of carboxylic acids is 1. The molecule has 0 bridgehead atoms. The molecule has 12 heavy (non-hydrogen) atoms. The molecule has 0 aromatic rings. The summed E-state index contributed by atoms with van der Waals surface area (Å²) in [7, 11) is 0. The molecule has 1 unspecified atom stereocenters. The van der Waals surface area contributed by atoms with Crippen LogP contribution in [0.25, 0.3) is 0 Å². The van der Waals surface area contributed by atoms with Gasteiger partial charge in [-0.2, -0.15) is 0 Å². The Balaban J connectivity index is 3.69. The second-order valence-corrected chi connectivity index (χ2v) is 2.28. The molecule has 0 amide bonds. The Morgan fingerprint density at radius 1 is 1.50 bits per heavy atom. The molecule has 70 valence electrons. The number of carbonyl (C=O) groups excluding carboxylic acids is 1. The third-order valence-electron chi connectivity index (χ3n) is 1.09. The lowest BCUT2D eigenvalue weighted by molar-refractivity contribution is -0.158. The van der Waals surface area contributed by atoms with Crippen molar-refractivity contribution in [2.24, 2.45) is 0 Å². The highest BCUT2D eigenvalue weighted by atomic mass is 16.5. The fraction of sp³-hybridized carbons (Fsp3) is 0.714. The first-order chi connectivity index (χ1) is 5.57. The number of aliphatic hydroxyl groups excluding tert-OH is 1. The summed E-state index contributed by atoms with van der Waals surface area (Å²) in [5, 5.41) is 17.0. The summed E-state index contributed by atoms with van der Waals surface area (Å²) < 4.78 is 4.50. The molecule has 0 rings (SSSR count). The zero-order valence-electron chi connectivity index (χ0n) is 6.82. The smallest absolute Gasteiger partial charge is 0.335 e. The van der Waals surface area contributed by atoms with Gasteiger partial charge in [0, 0.05) is 0 Å². The van der Waals surface area contributed by atoms with Crippen molar-refractivity contribution >= 4 is 11.9 Å². The summed E-state index contributed by atoms with van der Waals surface area (Å²) >= 11 is 0. The number of rotatable bonds is 5. The lowest BCUT2D eigenvalue weighted by atomic mass is 10.2. The van der Waals surface area contributed by atoms with Gasteiger partial charge in [-0.1, -0.05) is 6.92 Å². The van der Waals surface area contributed by atoms with Crippen molar-refractivity contribution in [1.82, 2.24) is 0 Å². The van der Waals surface area contributed by atoms with Crippen molar-refractivity contribution in [2.45, 2.75) is 25.9 Å². The van der Waals surface area contributed by atoms with Gasteiger partial charge in [-0.05, 0) is 6.42 Å². The van der Waals surface area contributed by atoms with Gasteiger partial charge in [0.2, 0.25) is 0 Å². The molecule has 5 heteroatoms. The molecule has 0 aromatic carbocycles. The Labute approximate surface area is 70.0 Å². The van der Waals surface area contributed by atoms with Gasteiger partial charge < -0.3 is 14.9 Å². The average Bonchev–Trinajstić information content (AvgIpc) is 1.98. The first-order valence-electron chi connectivity index (χ1n) is 3.64. The lowest BCUT2D eigenvalue weighted by Gasteiger charge is -2.06. The Hall–Kier alpha value is -1.10. The van der Waals surface area contributed by atoms with E-state index >= 15 is 0 Å². The number of aliphatic carboxylic acids is 1. The number of hydrogen-bond donors (Lipinski definition) is 2. The average molecular weight is 176 g/mol. The molecule has 0 radical (unpaired) electrons. The molecule has 0 aliphatic rings. The van der Waals surface area contributed by atoms with Crippen molar-refractivity contribution in [3.63, 3.8) is 0 Å². The zero-order valence-corrected chi connectivity index (χ0v) is 6.82. The number of aliphatic hydroxyl groups is 1. The van der Waals surface area contributed by atoms with Gasteiger partial charge >= 0.3 is 11.9 Å². The number of ether oxygens (including phenoxy) is 1. The van der Waals surface area contributed by atoms with Gasteiger partial charge in [-0.3, -0.25) is 4.79 Å². The molecule has 0 aliphatic heterocycles. The maximum absolute atomic E-state index is 10.7. The Morgan fingerprint density at radius 3 is 2.50 bits per heavy atom. The summed E-state index contributed by atoms with van der Waals surface area (Å²) in [5.74, 6) is -2.10. The highest BCUT2D eigenvalue weighted by Gasteiger charge is 2.19. The maximum atomic E-state index is 10.7. The molecule has 0 spiro atoms. The van der Waals surface area contributed by atoms with Crippen LogP contribution >= 0.6 is 0 Å². The predicted octanol–water partition coefficient (Wildman–Crippen LogP) is -0.225. The van der Waals surface area contributed by atoms with Gasteiger partial charge in [0.1, 0.15) is 0 Å². The van der Waals surface area contributed by atoms with Gasteiger partial charge in [0.25, 0.3) is 0 Å². The number of esters is 1. The van der Waals surface area contributed by atoms with Crippen LogP contribution in [0.3, 0.4) is 0 Å². The van der Waals surface area contributed by atoms with Gasteiger partial charge in [0.15, 0.2) is 6.10 Å². The molecule has 0 fully saturated rings. The number of carboxylic acid groups (broad SMARTS) is 1. The third kappa shape index (κ3) is 4.68. The fourth-order valence-corrected chi connectivity index (χ4v) is 0.548. The zero-order chi connectivity index (χ0) is 9.56. The summed E-state index contributed by atoms with van der Waals surface area (Å²) in [6.45, 7) is 2.01. The first-order valence-corrected chi connectivity index (χ1v) is 3.64. The van der Waals surface area contributed by atoms with Gasteiger partial charge in [-0.25, -0.2) is 4.79 Å². The molecule has 1 atom stereocenters. The van der Waals surface area contributed by atoms with Crippen molar-refractivity contribution in [3.8, 4) is 0 Å². The highest BCUT2D eigenvalue weighted by molar-refractivity contribution is 5.80. The van der Waals surface area contributed by atoms with Crippen LogP contribution in [0.4, 0.5) is 0 Å². The molecular formula is C7H12O5. The van der Waals surface area contributed by atoms with E-state index in [1.165, 1.54) is 0 Å². The molecule has 2 N–H and O–H groups in total. The minimum atomic E-state index is -1.55. The highest BCUT2D eigenvalue weighted by Crippen LogP contribution is 1.95. The molecule has 0 heterocycles. The second kappa shape index (κ2) is 5.54. The Bertz CT molecular complexity index is 165. The van der Waals surface area contributed by atoms with Crippen LogP contribution in [0.1, 0.15) is 19.8 Å². The van der Waals surface area contributed by atoms with Crippen LogP contribution in [-0.4, -0.2) is 34.9 Å². The minimum absolute atomic E-state index is 0.204. The monoisotopic (exact) mass is 176 g/mol. The van der Waals surface area contributed by atoms with E-state index in [0.29, 0.717) is 6.42 Å². The van der Waals surface area contributed by atoms with Crippen molar-refractivity contribution < 1.29 is 24.5 Å². The molecule has 0 saturated heterocycles. The van der Waals surface area contributed by atoms with E-state index in [0.717, 1.165) is 0 Å². The molecule has 0 aliphatic carbocycles. The minimum Gasteiger partial charge on any atom is -0.481 e. The summed E-state index contributed by atoms with van der Waals surface area (Å²) in [4.78, 5) is 20.7. The van der Waals surface area contributed by atoms with Crippen LogP contribution in [0.2, 0.25) is 0 Å². The second-order valence-electron chi connectivity index (χ2n) is 2.28. The van der Waals surface area contributed by atoms with Crippen LogP contribution in [-0.2, 0) is 14.3 Å². The van der Waals surface area contributed by atoms with E-state index in [9.17, 15) is 9.59 Å².